The molecule has 1 amide bonds. The first-order valence-electron chi connectivity index (χ1n) is 11.7. The molecule has 0 spiro atoms. The van der Waals surface area contributed by atoms with Crippen LogP contribution in [0.25, 0.3) is 0 Å². The van der Waals surface area contributed by atoms with Crippen molar-refractivity contribution in [2.75, 3.05) is 23.1 Å². The number of sulfonamides is 2. The lowest BCUT2D eigenvalue weighted by Crippen LogP contribution is -2.41. The number of nitrogens with one attached hydrogen (secondary N) is 2. The topological polar surface area (TPSA) is 113 Å². The quantitative estimate of drug-likeness (QED) is 0.442. The van der Waals surface area contributed by atoms with E-state index in [0.717, 1.165) is 5.56 Å². The maximum absolute atomic E-state index is 13.1. The lowest BCUT2D eigenvalue weighted by atomic mass is 9.97. The molecule has 1 aliphatic heterocycles. The maximum atomic E-state index is 13.1. The molecule has 8 nitrogen and oxygen atoms in total. The van der Waals surface area contributed by atoms with Gasteiger partial charge in [0, 0.05) is 30.4 Å². The average molecular weight is 546 g/mol. The summed E-state index contributed by atoms with van der Waals surface area (Å²) >= 11 is 0. The number of anilines is 2. The first-order chi connectivity index (χ1) is 17.5. The summed E-state index contributed by atoms with van der Waals surface area (Å²) in [5.74, 6) is -1.27. The van der Waals surface area contributed by atoms with E-state index in [-0.39, 0.29) is 35.6 Å². The third kappa shape index (κ3) is 6.94. The predicted octanol–water partition coefficient (Wildman–Crippen LogP) is 4.12. The highest BCUT2D eigenvalue weighted by atomic mass is 32.2. The molecule has 37 heavy (non-hydrogen) atoms. The molecule has 1 aliphatic rings. The Morgan fingerprint density at radius 3 is 2.03 bits per heavy atom. The molecule has 0 aliphatic carbocycles. The number of aryl methyl sites for hydroxylation is 1. The fraction of sp³-hybridized carbons (Fsp3) is 0.269. The van der Waals surface area contributed by atoms with Crippen molar-refractivity contribution in [3.05, 3.63) is 89.7 Å². The van der Waals surface area contributed by atoms with Crippen LogP contribution in [0.3, 0.4) is 0 Å². The van der Waals surface area contributed by atoms with Crippen molar-refractivity contribution in [1.29, 1.82) is 0 Å². The van der Waals surface area contributed by atoms with Crippen LogP contribution < -0.4 is 10.0 Å². The van der Waals surface area contributed by atoms with Gasteiger partial charge in [-0.15, -0.1) is 0 Å². The van der Waals surface area contributed by atoms with E-state index < -0.39 is 25.9 Å². The molecule has 3 aromatic rings. The number of nitrogens with zero attached hydrogens (tertiary/aromatic N) is 1. The van der Waals surface area contributed by atoms with E-state index in [4.69, 9.17) is 0 Å². The normalized spacial score (nSPS) is 15.3. The lowest BCUT2D eigenvalue weighted by Gasteiger charge is -2.30. The summed E-state index contributed by atoms with van der Waals surface area (Å²) in [6.45, 7) is 2.33. The van der Waals surface area contributed by atoms with Gasteiger partial charge in [-0.1, -0.05) is 29.8 Å². The molecule has 0 saturated carbocycles. The minimum atomic E-state index is -3.78. The Labute approximate surface area is 216 Å². The summed E-state index contributed by atoms with van der Waals surface area (Å²) in [6.07, 6.45) is 0.725. The molecule has 2 N–H and O–H groups in total. The van der Waals surface area contributed by atoms with Crippen LogP contribution in [0.4, 0.5) is 15.8 Å². The number of carbonyl (C=O) groups is 1. The zero-order chi connectivity index (χ0) is 26.6. The highest BCUT2D eigenvalue weighted by Gasteiger charge is 2.31. The predicted molar refractivity (Wildman–Crippen MR) is 140 cm³/mol. The van der Waals surface area contributed by atoms with Crippen LogP contribution in [0, 0.1) is 18.7 Å². The molecule has 0 atom stereocenters. The van der Waals surface area contributed by atoms with Gasteiger partial charge in [-0.25, -0.2) is 25.5 Å². The second-order valence-corrected chi connectivity index (χ2v) is 12.7. The zero-order valence-electron chi connectivity index (χ0n) is 20.2. The number of carbonyl (C=O) groups excluding carboxylic acids is 1. The molecular weight excluding hydrogens is 517 g/mol. The SMILES string of the molecule is Cc1ccc(NS(=O)(=O)c2ccc(NC(=O)C3CCN(S(=O)(=O)Cc4ccc(F)cc4)CC3)cc2)cc1. The number of rotatable bonds is 8. The fourth-order valence-corrected chi connectivity index (χ4v) is 6.70. The van der Waals surface area contributed by atoms with Crippen molar-refractivity contribution < 1.29 is 26.0 Å². The van der Waals surface area contributed by atoms with E-state index in [2.05, 4.69) is 10.0 Å². The smallest absolute Gasteiger partial charge is 0.261 e. The van der Waals surface area contributed by atoms with Gasteiger partial charge in [0.25, 0.3) is 10.0 Å². The Morgan fingerprint density at radius 2 is 1.43 bits per heavy atom. The van der Waals surface area contributed by atoms with E-state index in [0.29, 0.717) is 29.8 Å². The van der Waals surface area contributed by atoms with Crippen LogP contribution >= 0.6 is 0 Å². The number of benzene rings is 3. The second kappa shape index (κ2) is 11.0. The Morgan fingerprint density at radius 1 is 0.865 bits per heavy atom. The van der Waals surface area contributed by atoms with Gasteiger partial charge in [-0.3, -0.25) is 9.52 Å². The Bertz CT molecular complexity index is 1450. The summed E-state index contributed by atoms with van der Waals surface area (Å²) in [7, 11) is -7.37. The van der Waals surface area contributed by atoms with E-state index in [9.17, 15) is 26.0 Å². The number of hydrogen-bond donors (Lipinski definition) is 2. The Balaban J connectivity index is 1.30. The van der Waals surface area contributed by atoms with Crippen LogP contribution in [-0.2, 0) is 30.6 Å². The largest absolute Gasteiger partial charge is 0.326 e. The van der Waals surface area contributed by atoms with Crippen molar-refractivity contribution >= 4 is 37.3 Å². The van der Waals surface area contributed by atoms with Crippen LogP contribution in [0.2, 0.25) is 0 Å². The molecule has 0 bridgehead atoms. The van der Waals surface area contributed by atoms with E-state index in [1.807, 2.05) is 19.1 Å². The zero-order valence-corrected chi connectivity index (χ0v) is 21.9. The summed E-state index contributed by atoms with van der Waals surface area (Å²) in [5.41, 5.74) is 2.42. The van der Waals surface area contributed by atoms with Gasteiger partial charge in [0.15, 0.2) is 0 Å². The Kier molecular flexibility index (Phi) is 7.96. The molecule has 196 valence electrons. The summed E-state index contributed by atoms with van der Waals surface area (Å²) in [5, 5.41) is 2.79. The summed E-state index contributed by atoms with van der Waals surface area (Å²) < 4.78 is 67.7. The number of amides is 1. The van der Waals surface area contributed by atoms with Gasteiger partial charge in [0.2, 0.25) is 15.9 Å². The molecule has 3 aromatic carbocycles. The number of hydrogen-bond acceptors (Lipinski definition) is 5. The molecule has 4 rings (SSSR count). The van der Waals surface area contributed by atoms with Crippen LogP contribution in [-0.4, -0.2) is 40.1 Å². The van der Waals surface area contributed by atoms with Gasteiger partial charge in [0.05, 0.1) is 10.6 Å². The first-order valence-corrected chi connectivity index (χ1v) is 14.8. The fourth-order valence-electron chi connectivity index (χ4n) is 4.08. The van der Waals surface area contributed by atoms with Crippen molar-refractivity contribution in [2.45, 2.75) is 30.4 Å². The van der Waals surface area contributed by atoms with Crippen molar-refractivity contribution in [1.82, 2.24) is 4.31 Å². The number of piperidine rings is 1. The molecule has 0 unspecified atom stereocenters. The third-order valence-electron chi connectivity index (χ3n) is 6.22. The molecule has 11 heteroatoms. The maximum Gasteiger partial charge on any atom is 0.261 e. The first kappa shape index (κ1) is 26.8. The molecule has 0 aromatic heterocycles. The van der Waals surface area contributed by atoms with Crippen LogP contribution in [0.15, 0.2) is 77.7 Å². The lowest BCUT2D eigenvalue weighted by molar-refractivity contribution is -0.120. The number of halogens is 1. The molecular formula is C26H28FN3O5S2. The Hall–Kier alpha value is -3.28. The highest BCUT2D eigenvalue weighted by molar-refractivity contribution is 7.92. The minimum absolute atomic E-state index is 0.0609. The summed E-state index contributed by atoms with van der Waals surface area (Å²) in [6, 6.07) is 18.2. The van der Waals surface area contributed by atoms with Crippen molar-refractivity contribution in [3.63, 3.8) is 0 Å². The van der Waals surface area contributed by atoms with Gasteiger partial charge in [-0.2, -0.15) is 0 Å². The summed E-state index contributed by atoms with van der Waals surface area (Å²) in [4.78, 5) is 12.8. The third-order valence-corrected chi connectivity index (χ3v) is 9.46. The van der Waals surface area contributed by atoms with Crippen LogP contribution in [0.1, 0.15) is 24.0 Å². The standard InChI is InChI=1S/C26H28FN3O5S2/c1-19-2-8-24(9-3-19)29-37(34,35)25-12-10-23(11-13-25)28-26(31)21-14-16-30(17-15-21)36(32,33)18-20-4-6-22(27)7-5-20/h2-13,21,29H,14-18H2,1H3,(H,28,31). The van der Waals surface area contributed by atoms with E-state index in [1.54, 1.807) is 12.1 Å². The second-order valence-electron chi connectivity index (χ2n) is 9.04. The van der Waals surface area contributed by atoms with Gasteiger partial charge >= 0.3 is 0 Å². The average Bonchev–Trinajstić information content (AvgIpc) is 2.87. The van der Waals surface area contributed by atoms with Crippen molar-refractivity contribution in [3.8, 4) is 0 Å². The highest BCUT2D eigenvalue weighted by Crippen LogP contribution is 2.24. The van der Waals surface area contributed by atoms with Gasteiger partial charge in [0.1, 0.15) is 5.82 Å². The molecule has 0 radical (unpaired) electrons. The molecule has 1 heterocycles. The molecule has 1 fully saturated rings. The van der Waals surface area contributed by atoms with Crippen LogP contribution in [0.5, 0.6) is 0 Å². The van der Waals surface area contributed by atoms with E-state index >= 15 is 0 Å². The monoisotopic (exact) mass is 545 g/mol. The van der Waals surface area contributed by atoms with E-state index in [1.165, 1.54) is 52.8 Å². The van der Waals surface area contributed by atoms with Gasteiger partial charge < -0.3 is 5.32 Å². The van der Waals surface area contributed by atoms with Crippen molar-refractivity contribution in [2.24, 2.45) is 5.92 Å². The van der Waals surface area contributed by atoms with Gasteiger partial charge in [-0.05, 0) is 73.9 Å². The molecule has 1 saturated heterocycles. The minimum Gasteiger partial charge on any atom is -0.326 e.